The lowest BCUT2D eigenvalue weighted by Gasteiger charge is -2.23. The van der Waals surface area contributed by atoms with Crippen molar-refractivity contribution in [2.45, 2.75) is 65.5 Å². The molecule has 1 aliphatic heterocycles. The highest BCUT2D eigenvalue weighted by Crippen LogP contribution is 2.23. The molecule has 0 aliphatic carbocycles. The van der Waals surface area contributed by atoms with Crippen LogP contribution in [0.5, 0.6) is 0 Å². The van der Waals surface area contributed by atoms with Crippen molar-refractivity contribution in [3.05, 3.63) is 23.9 Å². The monoisotopic (exact) mass is 289 g/mol. The van der Waals surface area contributed by atoms with Gasteiger partial charge in [-0.3, -0.25) is 0 Å². The molecule has 3 nitrogen and oxygen atoms in total. The van der Waals surface area contributed by atoms with Gasteiger partial charge in [0, 0.05) is 31.4 Å². The zero-order valence-electron chi connectivity index (χ0n) is 14.2. The number of rotatable bonds is 4. The lowest BCUT2D eigenvalue weighted by atomic mass is 9.98. The summed E-state index contributed by atoms with van der Waals surface area (Å²) in [7, 11) is 0. The summed E-state index contributed by atoms with van der Waals surface area (Å²) >= 11 is 0. The Bertz CT molecular complexity index is 419. The van der Waals surface area contributed by atoms with E-state index in [4.69, 9.17) is 0 Å². The number of hydrogen-bond donors (Lipinski definition) is 1. The summed E-state index contributed by atoms with van der Waals surface area (Å²) in [5, 5.41) is 3.51. The quantitative estimate of drug-likeness (QED) is 0.908. The molecule has 3 heteroatoms. The van der Waals surface area contributed by atoms with E-state index >= 15 is 0 Å². The normalized spacial score (nSPS) is 20.4. The van der Waals surface area contributed by atoms with Crippen LogP contribution in [-0.2, 0) is 6.54 Å². The van der Waals surface area contributed by atoms with Crippen molar-refractivity contribution in [3.8, 4) is 0 Å². The molecule has 0 spiro atoms. The molecule has 21 heavy (non-hydrogen) atoms. The summed E-state index contributed by atoms with van der Waals surface area (Å²) in [5.74, 6) is 2.05. The third kappa shape index (κ3) is 5.31. The number of pyridine rings is 1. The Balaban J connectivity index is 1.92. The molecular formula is C18H31N3. The molecule has 0 radical (unpaired) electrons. The first-order chi connectivity index (χ1) is 9.98. The molecule has 1 aromatic heterocycles. The predicted molar refractivity (Wildman–Crippen MR) is 90.7 cm³/mol. The maximum absolute atomic E-state index is 4.68. The second kappa shape index (κ2) is 7.26. The average Bonchev–Trinajstić information content (AvgIpc) is 2.70. The van der Waals surface area contributed by atoms with E-state index in [2.05, 4.69) is 55.0 Å². The highest BCUT2D eigenvalue weighted by Gasteiger charge is 2.16. The van der Waals surface area contributed by atoms with E-state index < -0.39 is 0 Å². The number of anilines is 1. The third-order valence-corrected chi connectivity index (χ3v) is 4.38. The van der Waals surface area contributed by atoms with E-state index in [1.807, 2.05) is 6.20 Å². The molecule has 0 amide bonds. The zero-order valence-corrected chi connectivity index (χ0v) is 14.2. The van der Waals surface area contributed by atoms with Crippen LogP contribution in [0.3, 0.4) is 0 Å². The van der Waals surface area contributed by atoms with Gasteiger partial charge in [-0.1, -0.05) is 19.4 Å². The summed E-state index contributed by atoms with van der Waals surface area (Å²) in [4.78, 5) is 7.14. The Labute approximate surface area is 130 Å². The standard InChI is InChI=1S/C18H31N3/c1-5-15-7-6-11-21(12-10-15)17-9-8-16(13-19-17)14-20-18(2,3)4/h8-9,13,15,20H,5-7,10-12,14H2,1-4H3. The van der Waals surface area contributed by atoms with E-state index in [9.17, 15) is 0 Å². The Morgan fingerprint density at radius 1 is 1.24 bits per heavy atom. The molecular weight excluding hydrogens is 258 g/mol. The van der Waals surface area contributed by atoms with E-state index in [-0.39, 0.29) is 5.54 Å². The van der Waals surface area contributed by atoms with Gasteiger partial charge in [0.25, 0.3) is 0 Å². The number of aromatic nitrogens is 1. The average molecular weight is 289 g/mol. The Kier molecular flexibility index (Phi) is 5.63. The lowest BCUT2D eigenvalue weighted by molar-refractivity contribution is 0.424. The van der Waals surface area contributed by atoms with Crippen molar-refractivity contribution < 1.29 is 0 Å². The molecule has 1 aliphatic rings. The summed E-state index contributed by atoms with van der Waals surface area (Å²) in [6, 6.07) is 4.40. The molecule has 2 heterocycles. The van der Waals surface area contributed by atoms with Gasteiger partial charge < -0.3 is 10.2 Å². The third-order valence-electron chi connectivity index (χ3n) is 4.38. The van der Waals surface area contributed by atoms with E-state index in [0.717, 1.165) is 31.4 Å². The molecule has 1 fully saturated rings. The molecule has 0 bridgehead atoms. The first-order valence-electron chi connectivity index (χ1n) is 8.43. The van der Waals surface area contributed by atoms with Gasteiger partial charge in [-0.25, -0.2) is 4.98 Å². The predicted octanol–water partition coefficient (Wildman–Crippen LogP) is 3.99. The highest BCUT2D eigenvalue weighted by atomic mass is 15.2. The maximum atomic E-state index is 4.68. The van der Waals surface area contributed by atoms with Crippen molar-refractivity contribution in [2.75, 3.05) is 18.0 Å². The van der Waals surface area contributed by atoms with Crippen LogP contribution in [0.4, 0.5) is 5.82 Å². The fourth-order valence-corrected chi connectivity index (χ4v) is 2.88. The Morgan fingerprint density at radius 2 is 2.05 bits per heavy atom. The van der Waals surface area contributed by atoms with Crippen LogP contribution in [0.1, 0.15) is 58.9 Å². The summed E-state index contributed by atoms with van der Waals surface area (Å²) in [6.45, 7) is 12.1. The van der Waals surface area contributed by atoms with Crippen LogP contribution in [0.25, 0.3) is 0 Å². The fraction of sp³-hybridized carbons (Fsp3) is 0.722. The van der Waals surface area contributed by atoms with Crippen LogP contribution >= 0.6 is 0 Å². The minimum absolute atomic E-state index is 0.151. The van der Waals surface area contributed by atoms with Crippen molar-refractivity contribution in [1.29, 1.82) is 0 Å². The Hall–Kier alpha value is -1.09. The number of hydrogen-bond acceptors (Lipinski definition) is 3. The van der Waals surface area contributed by atoms with Gasteiger partial charge in [0.05, 0.1) is 0 Å². The second-order valence-corrected chi connectivity index (χ2v) is 7.32. The second-order valence-electron chi connectivity index (χ2n) is 7.32. The molecule has 1 atom stereocenters. The first-order valence-corrected chi connectivity index (χ1v) is 8.43. The van der Waals surface area contributed by atoms with Gasteiger partial charge >= 0.3 is 0 Å². The van der Waals surface area contributed by atoms with Crippen molar-refractivity contribution in [2.24, 2.45) is 5.92 Å². The Morgan fingerprint density at radius 3 is 2.67 bits per heavy atom. The van der Waals surface area contributed by atoms with Crippen molar-refractivity contribution >= 4 is 5.82 Å². The van der Waals surface area contributed by atoms with Gasteiger partial charge in [0.15, 0.2) is 0 Å². The largest absolute Gasteiger partial charge is 0.357 e. The van der Waals surface area contributed by atoms with Gasteiger partial charge in [0.1, 0.15) is 5.82 Å². The summed E-state index contributed by atoms with van der Waals surface area (Å²) < 4.78 is 0. The molecule has 118 valence electrons. The zero-order chi connectivity index (χ0) is 15.3. The van der Waals surface area contributed by atoms with Crippen LogP contribution < -0.4 is 10.2 Å². The van der Waals surface area contributed by atoms with E-state index in [1.165, 1.54) is 31.2 Å². The van der Waals surface area contributed by atoms with E-state index in [0.29, 0.717) is 0 Å². The lowest BCUT2D eigenvalue weighted by Crippen LogP contribution is -2.35. The first kappa shape index (κ1) is 16.3. The summed E-state index contributed by atoms with van der Waals surface area (Å²) in [5.41, 5.74) is 1.41. The smallest absolute Gasteiger partial charge is 0.128 e. The van der Waals surface area contributed by atoms with Crippen LogP contribution in [0.2, 0.25) is 0 Å². The molecule has 1 aromatic rings. The van der Waals surface area contributed by atoms with E-state index in [1.54, 1.807) is 0 Å². The number of nitrogens with one attached hydrogen (secondary N) is 1. The molecule has 1 saturated heterocycles. The molecule has 0 saturated carbocycles. The van der Waals surface area contributed by atoms with Gasteiger partial charge in [-0.2, -0.15) is 0 Å². The molecule has 1 N–H and O–H groups in total. The highest BCUT2D eigenvalue weighted by molar-refractivity contribution is 5.39. The van der Waals surface area contributed by atoms with Gasteiger partial charge in [-0.05, 0) is 57.6 Å². The molecule has 0 aromatic carbocycles. The van der Waals surface area contributed by atoms with Crippen molar-refractivity contribution in [1.82, 2.24) is 10.3 Å². The number of nitrogens with zero attached hydrogens (tertiary/aromatic N) is 2. The molecule has 2 rings (SSSR count). The van der Waals surface area contributed by atoms with Crippen LogP contribution in [0, 0.1) is 5.92 Å². The summed E-state index contributed by atoms with van der Waals surface area (Å²) in [6.07, 6.45) is 7.33. The van der Waals surface area contributed by atoms with Crippen LogP contribution in [0.15, 0.2) is 18.3 Å². The topological polar surface area (TPSA) is 28.2 Å². The fourth-order valence-electron chi connectivity index (χ4n) is 2.88. The van der Waals surface area contributed by atoms with Gasteiger partial charge in [-0.15, -0.1) is 0 Å². The maximum Gasteiger partial charge on any atom is 0.128 e. The minimum Gasteiger partial charge on any atom is -0.357 e. The van der Waals surface area contributed by atoms with Gasteiger partial charge in [0.2, 0.25) is 0 Å². The SMILES string of the molecule is CCC1CCCN(c2ccc(CNC(C)(C)C)cn2)CC1. The van der Waals surface area contributed by atoms with Crippen LogP contribution in [-0.4, -0.2) is 23.6 Å². The minimum atomic E-state index is 0.151. The van der Waals surface area contributed by atoms with Crippen molar-refractivity contribution in [3.63, 3.8) is 0 Å². The molecule has 1 unspecified atom stereocenters.